The van der Waals surface area contributed by atoms with Crippen molar-refractivity contribution < 1.29 is 18.7 Å². The van der Waals surface area contributed by atoms with Gasteiger partial charge in [0.1, 0.15) is 23.7 Å². The highest BCUT2D eigenvalue weighted by Gasteiger charge is 2.42. The summed E-state index contributed by atoms with van der Waals surface area (Å²) in [5.41, 5.74) is 3.38. The van der Waals surface area contributed by atoms with Crippen LogP contribution in [-0.2, 0) is 21.4 Å². The zero-order valence-electron chi connectivity index (χ0n) is 20.7. The third-order valence-electron chi connectivity index (χ3n) is 7.72. The fraction of sp³-hybridized carbons (Fsp3) is 0.500. The molecule has 0 aliphatic carbocycles. The Morgan fingerprint density at radius 2 is 2.06 bits per heavy atom. The maximum absolute atomic E-state index is 15.2. The highest BCUT2D eigenvalue weighted by atomic mass is 19.1. The predicted molar refractivity (Wildman–Crippen MR) is 134 cm³/mol. The molecule has 2 aromatic rings. The number of benzene rings is 2. The van der Waals surface area contributed by atoms with Gasteiger partial charge < -0.3 is 25.0 Å². The van der Waals surface area contributed by atoms with Crippen LogP contribution in [0, 0.1) is 17.1 Å². The number of hydrogen-bond donors (Lipinski definition) is 2. The number of nitrogens with one attached hydrogen (secondary N) is 2. The Bertz CT molecular complexity index is 1150. The van der Waals surface area contributed by atoms with Crippen molar-refractivity contribution in [2.45, 2.75) is 43.2 Å². The van der Waals surface area contributed by atoms with Gasteiger partial charge in [0.2, 0.25) is 0 Å². The van der Waals surface area contributed by atoms with Crippen LogP contribution in [0.15, 0.2) is 36.4 Å². The summed E-state index contributed by atoms with van der Waals surface area (Å²) in [4.78, 5) is 14.9. The van der Waals surface area contributed by atoms with E-state index in [0.29, 0.717) is 25.3 Å². The summed E-state index contributed by atoms with van der Waals surface area (Å²) in [7, 11) is 2.15. The van der Waals surface area contributed by atoms with Crippen LogP contribution in [0.2, 0.25) is 0 Å². The minimum absolute atomic E-state index is 0.0329. The van der Waals surface area contributed by atoms with Gasteiger partial charge >= 0.3 is 0 Å². The molecule has 3 heterocycles. The van der Waals surface area contributed by atoms with Crippen molar-refractivity contribution in [2.24, 2.45) is 0 Å². The lowest BCUT2D eigenvalue weighted by atomic mass is 9.74. The Kier molecular flexibility index (Phi) is 7.24. The number of fused-ring (bicyclic) bond motifs is 2. The number of ether oxygens (including phenoxy) is 2. The maximum Gasteiger partial charge on any atom is 0.251 e. The second-order valence-electron chi connectivity index (χ2n) is 10.2. The van der Waals surface area contributed by atoms with E-state index in [1.54, 1.807) is 6.07 Å². The molecule has 36 heavy (non-hydrogen) atoms. The van der Waals surface area contributed by atoms with Crippen molar-refractivity contribution in [1.29, 1.82) is 5.26 Å². The van der Waals surface area contributed by atoms with Crippen LogP contribution in [0.1, 0.15) is 30.4 Å². The molecule has 0 saturated carbocycles. The summed E-state index contributed by atoms with van der Waals surface area (Å²) in [5, 5.41) is 15.4. The van der Waals surface area contributed by atoms with Gasteiger partial charge in [-0.3, -0.25) is 4.79 Å². The summed E-state index contributed by atoms with van der Waals surface area (Å²) in [6.07, 6.45) is 2.38. The standard InChI is InChI=1S/C28H33FN4O3/c1-33-10-7-28(8-11-33)18-36-25-6-5-19(14-23(25)28)20-3-4-21(24(29)15-20)13-22(16-30)32-27(34)26-17-31-9-2-12-35-26/h3-6,14-15,22,26,31H,2,7-13,17-18H2,1H3,(H,32,34)/t22-,26-/m0/s1. The van der Waals surface area contributed by atoms with Gasteiger partial charge in [-0.15, -0.1) is 0 Å². The zero-order valence-corrected chi connectivity index (χ0v) is 20.7. The Morgan fingerprint density at radius 3 is 2.83 bits per heavy atom. The minimum atomic E-state index is -0.842. The first-order valence-corrected chi connectivity index (χ1v) is 12.7. The summed E-state index contributed by atoms with van der Waals surface area (Å²) >= 11 is 0. The second kappa shape index (κ2) is 10.6. The number of rotatable bonds is 5. The summed E-state index contributed by atoms with van der Waals surface area (Å²) in [5.74, 6) is 0.192. The number of carbonyl (C=O) groups is 1. The summed E-state index contributed by atoms with van der Waals surface area (Å²) < 4.78 is 26.7. The quantitative estimate of drug-likeness (QED) is 0.668. The van der Waals surface area contributed by atoms with Gasteiger partial charge in [0.05, 0.1) is 12.7 Å². The van der Waals surface area contributed by atoms with Crippen LogP contribution < -0.4 is 15.4 Å². The van der Waals surface area contributed by atoms with Gasteiger partial charge in [0.15, 0.2) is 0 Å². The van der Waals surface area contributed by atoms with E-state index in [4.69, 9.17) is 9.47 Å². The van der Waals surface area contributed by atoms with E-state index in [1.165, 1.54) is 11.6 Å². The van der Waals surface area contributed by atoms with E-state index in [-0.39, 0.29) is 23.6 Å². The number of piperidine rings is 1. The third-order valence-corrected chi connectivity index (χ3v) is 7.72. The van der Waals surface area contributed by atoms with Gasteiger partial charge in [0, 0.05) is 30.6 Å². The van der Waals surface area contributed by atoms with Crippen molar-refractivity contribution in [1.82, 2.24) is 15.5 Å². The molecule has 2 aromatic carbocycles. The molecule has 0 aromatic heterocycles. The monoisotopic (exact) mass is 492 g/mol. The topological polar surface area (TPSA) is 86.6 Å². The van der Waals surface area contributed by atoms with Crippen LogP contribution in [-0.4, -0.2) is 69.4 Å². The number of halogens is 1. The van der Waals surface area contributed by atoms with E-state index in [0.717, 1.165) is 55.8 Å². The summed E-state index contributed by atoms with van der Waals surface area (Å²) in [6.45, 7) is 4.46. The van der Waals surface area contributed by atoms with Gasteiger partial charge in [-0.05, 0) is 80.8 Å². The minimum Gasteiger partial charge on any atom is -0.492 e. The fourth-order valence-corrected chi connectivity index (χ4v) is 5.39. The molecule has 3 aliphatic heterocycles. The highest BCUT2D eigenvalue weighted by molar-refractivity contribution is 5.81. The maximum atomic E-state index is 15.2. The first-order valence-electron chi connectivity index (χ1n) is 12.7. The van der Waals surface area contributed by atoms with E-state index in [9.17, 15) is 10.1 Å². The lowest BCUT2D eigenvalue weighted by Gasteiger charge is -2.36. The molecular weight excluding hydrogens is 459 g/mol. The average Bonchev–Trinajstić information content (AvgIpc) is 3.05. The van der Waals surface area contributed by atoms with Crippen LogP contribution >= 0.6 is 0 Å². The molecule has 2 saturated heterocycles. The average molecular weight is 493 g/mol. The number of hydrogen-bond acceptors (Lipinski definition) is 6. The van der Waals surface area contributed by atoms with Crippen molar-refractivity contribution in [2.75, 3.05) is 46.4 Å². The number of carbonyl (C=O) groups excluding carboxylic acids is 1. The number of nitrogens with zero attached hydrogens (tertiary/aromatic N) is 2. The van der Waals surface area contributed by atoms with E-state index in [1.807, 2.05) is 18.2 Å². The first-order chi connectivity index (χ1) is 17.5. The largest absolute Gasteiger partial charge is 0.492 e. The van der Waals surface area contributed by atoms with Crippen molar-refractivity contribution in [3.8, 4) is 22.9 Å². The highest BCUT2D eigenvalue weighted by Crippen LogP contribution is 2.46. The molecule has 8 heteroatoms. The van der Waals surface area contributed by atoms with Gasteiger partial charge in [-0.1, -0.05) is 18.2 Å². The molecule has 2 atom stereocenters. The molecule has 1 amide bonds. The smallest absolute Gasteiger partial charge is 0.251 e. The van der Waals surface area contributed by atoms with Crippen molar-refractivity contribution >= 4 is 5.91 Å². The number of nitriles is 1. The van der Waals surface area contributed by atoms with Crippen molar-refractivity contribution in [3.63, 3.8) is 0 Å². The normalized spacial score (nSPS) is 22.2. The molecule has 0 bridgehead atoms. The lowest BCUT2D eigenvalue weighted by Crippen LogP contribution is -2.46. The first kappa shape index (κ1) is 24.7. The zero-order chi connectivity index (χ0) is 25.1. The lowest BCUT2D eigenvalue weighted by molar-refractivity contribution is -0.132. The summed E-state index contributed by atoms with van der Waals surface area (Å²) in [6, 6.07) is 12.5. The Morgan fingerprint density at radius 1 is 1.28 bits per heavy atom. The van der Waals surface area contributed by atoms with Crippen LogP contribution in [0.3, 0.4) is 0 Å². The van der Waals surface area contributed by atoms with E-state index in [2.05, 4.69) is 34.7 Å². The Balaban J connectivity index is 1.29. The predicted octanol–water partition coefficient (Wildman–Crippen LogP) is 2.78. The van der Waals surface area contributed by atoms with E-state index < -0.39 is 12.1 Å². The van der Waals surface area contributed by atoms with E-state index >= 15 is 4.39 Å². The Labute approximate surface area is 211 Å². The molecule has 3 aliphatic rings. The van der Waals surface area contributed by atoms with Gasteiger partial charge in [-0.25, -0.2) is 4.39 Å². The van der Waals surface area contributed by atoms with Crippen LogP contribution in [0.4, 0.5) is 4.39 Å². The van der Waals surface area contributed by atoms with Crippen LogP contribution in [0.25, 0.3) is 11.1 Å². The molecule has 1 spiro atoms. The Hall–Kier alpha value is -2.99. The fourth-order valence-electron chi connectivity index (χ4n) is 5.39. The molecule has 5 rings (SSSR count). The molecule has 190 valence electrons. The van der Waals surface area contributed by atoms with Crippen molar-refractivity contribution in [3.05, 3.63) is 53.3 Å². The SMILES string of the molecule is CN1CCC2(CC1)COc1ccc(-c3ccc(C[C@@H](C#N)NC(=O)[C@@H]4CNCCCO4)c(F)c3)cc12. The molecule has 2 N–H and O–H groups in total. The van der Waals surface area contributed by atoms with Crippen LogP contribution in [0.5, 0.6) is 5.75 Å². The second-order valence-corrected chi connectivity index (χ2v) is 10.2. The molecule has 2 fully saturated rings. The third kappa shape index (κ3) is 5.10. The molecular formula is C28H33FN4O3. The van der Waals surface area contributed by atoms with Gasteiger partial charge in [-0.2, -0.15) is 5.26 Å². The number of amides is 1. The number of likely N-dealkylation sites (tertiary alicyclic amines) is 1. The molecule has 0 unspecified atom stereocenters. The molecule has 7 nitrogen and oxygen atoms in total. The van der Waals surface area contributed by atoms with Gasteiger partial charge in [0.25, 0.3) is 5.91 Å². The molecule has 0 radical (unpaired) electrons.